The van der Waals surface area contributed by atoms with Crippen molar-refractivity contribution in [1.29, 1.82) is 0 Å². The summed E-state index contributed by atoms with van der Waals surface area (Å²) < 4.78 is 1.84. The number of nitrogens with one attached hydrogen (secondary N) is 1. The molecule has 0 bridgehead atoms. The van der Waals surface area contributed by atoms with Crippen LogP contribution in [0.4, 0.5) is 0 Å². The van der Waals surface area contributed by atoms with Crippen LogP contribution in [-0.4, -0.2) is 6.54 Å². The molecule has 0 saturated heterocycles. The van der Waals surface area contributed by atoms with E-state index < -0.39 is 0 Å². The number of halogens is 2. The van der Waals surface area contributed by atoms with Crippen molar-refractivity contribution in [2.45, 2.75) is 20.4 Å². The summed E-state index contributed by atoms with van der Waals surface area (Å²) in [5.74, 6) is 0.693. The lowest BCUT2D eigenvalue weighted by atomic mass is 10.2. The van der Waals surface area contributed by atoms with Crippen LogP contribution in [0.1, 0.15) is 18.7 Å². The van der Waals surface area contributed by atoms with E-state index in [0.717, 1.165) is 21.9 Å². The van der Waals surface area contributed by atoms with Crippen LogP contribution in [0.3, 0.4) is 0 Å². The SMILES string of the molecule is CC(C)CNCc1cc(Br)c(Cl)s1. The highest BCUT2D eigenvalue weighted by molar-refractivity contribution is 9.10. The Kier molecular flexibility index (Phi) is 4.73. The first-order valence-corrected chi connectivity index (χ1v) is 6.22. The van der Waals surface area contributed by atoms with E-state index in [0.29, 0.717) is 5.92 Å². The molecule has 0 saturated carbocycles. The smallest absolute Gasteiger partial charge is 0.107 e. The molecule has 1 rings (SSSR count). The molecule has 0 aromatic carbocycles. The zero-order valence-corrected chi connectivity index (χ0v) is 10.9. The van der Waals surface area contributed by atoms with Gasteiger partial charge < -0.3 is 5.32 Å². The van der Waals surface area contributed by atoms with Gasteiger partial charge in [-0.25, -0.2) is 0 Å². The largest absolute Gasteiger partial charge is 0.312 e. The fourth-order valence-corrected chi connectivity index (χ4v) is 2.72. The van der Waals surface area contributed by atoms with Crippen molar-refractivity contribution in [3.8, 4) is 0 Å². The van der Waals surface area contributed by atoms with Crippen molar-refractivity contribution in [3.63, 3.8) is 0 Å². The number of hydrogen-bond donors (Lipinski definition) is 1. The second-order valence-electron chi connectivity index (χ2n) is 3.36. The summed E-state index contributed by atoms with van der Waals surface area (Å²) in [7, 11) is 0. The van der Waals surface area contributed by atoms with Gasteiger partial charge >= 0.3 is 0 Å². The fraction of sp³-hybridized carbons (Fsp3) is 0.556. The molecule has 1 aromatic rings. The molecule has 0 fully saturated rings. The van der Waals surface area contributed by atoms with Gasteiger partial charge in [-0.1, -0.05) is 25.4 Å². The summed E-state index contributed by atoms with van der Waals surface area (Å²) in [5, 5.41) is 3.37. The lowest BCUT2D eigenvalue weighted by Gasteiger charge is -2.04. The predicted molar refractivity (Wildman–Crippen MR) is 63.6 cm³/mol. The van der Waals surface area contributed by atoms with Crippen molar-refractivity contribution in [2.24, 2.45) is 5.92 Å². The summed E-state index contributed by atoms with van der Waals surface area (Å²) >= 11 is 10.9. The van der Waals surface area contributed by atoms with Crippen molar-refractivity contribution in [2.75, 3.05) is 6.54 Å². The molecule has 13 heavy (non-hydrogen) atoms. The average Bonchev–Trinajstić information content (AvgIpc) is 2.30. The lowest BCUT2D eigenvalue weighted by Crippen LogP contribution is -2.18. The molecule has 1 aromatic heterocycles. The van der Waals surface area contributed by atoms with E-state index in [4.69, 9.17) is 11.6 Å². The molecule has 4 heteroatoms. The second-order valence-corrected chi connectivity index (χ2v) is 5.95. The zero-order valence-electron chi connectivity index (χ0n) is 7.73. The molecule has 0 aliphatic rings. The normalized spacial score (nSPS) is 11.2. The van der Waals surface area contributed by atoms with Gasteiger partial charge in [-0.15, -0.1) is 11.3 Å². The van der Waals surface area contributed by atoms with Crippen LogP contribution in [-0.2, 0) is 6.54 Å². The van der Waals surface area contributed by atoms with Crippen molar-refractivity contribution in [1.82, 2.24) is 5.32 Å². The van der Waals surface area contributed by atoms with Crippen molar-refractivity contribution in [3.05, 3.63) is 19.8 Å². The third-order valence-corrected chi connectivity index (χ3v) is 4.02. The molecule has 0 aliphatic carbocycles. The number of thiophene rings is 1. The molecule has 1 N–H and O–H groups in total. The Morgan fingerprint density at radius 1 is 1.62 bits per heavy atom. The van der Waals surface area contributed by atoms with E-state index in [1.54, 1.807) is 11.3 Å². The van der Waals surface area contributed by atoms with Gasteiger partial charge in [-0.05, 0) is 34.5 Å². The van der Waals surface area contributed by atoms with Gasteiger partial charge in [0.2, 0.25) is 0 Å². The van der Waals surface area contributed by atoms with E-state index >= 15 is 0 Å². The van der Waals surface area contributed by atoms with Crippen LogP contribution in [0.5, 0.6) is 0 Å². The topological polar surface area (TPSA) is 12.0 Å². The van der Waals surface area contributed by atoms with Crippen molar-refractivity contribution < 1.29 is 0 Å². The Hall–Kier alpha value is 0.430. The van der Waals surface area contributed by atoms with E-state index in [9.17, 15) is 0 Å². The summed E-state index contributed by atoms with van der Waals surface area (Å²) in [4.78, 5) is 1.28. The Bertz CT molecular complexity index is 253. The standard InChI is InChI=1S/C9H13BrClNS/c1-6(2)4-12-5-7-3-8(10)9(11)13-7/h3,6,12H,4-5H2,1-2H3. The highest BCUT2D eigenvalue weighted by atomic mass is 79.9. The second kappa shape index (κ2) is 5.35. The average molecular weight is 283 g/mol. The zero-order chi connectivity index (χ0) is 9.84. The highest BCUT2D eigenvalue weighted by Gasteiger charge is 2.03. The van der Waals surface area contributed by atoms with Crippen LogP contribution >= 0.6 is 38.9 Å². The van der Waals surface area contributed by atoms with E-state index in [2.05, 4.69) is 41.2 Å². The molecule has 1 nitrogen and oxygen atoms in total. The Morgan fingerprint density at radius 2 is 2.31 bits per heavy atom. The molecule has 0 radical (unpaired) electrons. The molecule has 74 valence electrons. The van der Waals surface area contributed by atoms with Crippen LogP contribution in [0, 0.1) is 5.92 Å². The molecule has 0 atom stereocenters. The van der Waals surface area contributed by atoms with E-state index in [1.807, 2.05) is 0 Å². The van der Waals surface area contributed by atoms with Gasteiger partial charge in [0.1, 0.15) is 4.34 Å². The summed E-state index contributed by atoms with van der Waals surface area (Å²) in [6.45, 7) is 6.36. The van der Waals surface area contributed by atoms with Gasteiger partial charge in [0, 0.05) is 15.9 Å². The summed E-state index contributed by atoms with van der Waals surface area (Å²) in [6, 6.07) is 2.07. The maximum atomic E-state index is 5.91. The van der Waals surface area contributed by atoms with E-state index in [1.165, 1.54) is 4.88 Å². The van der Waals surface area contributed by atoms with Crippen LogP contribution < -0.4 is 5.32 Å². The van der Waals surface area contributed by atoms with Crippen molar-refractivity contribution >= 4 is 38.9 Å². The van der Waals surface area contributed by atoms with Gasteiger partial charge in [-0.3, -0.25) is 0 Å². The fourth-order valence-electron chi connectivity index (χ4n) is 0.963. The third-order valence-electron chi connectivity index (χ3n) is 1.55. The van der Waals surface area contributed by atoms with Gasteiger partial charge in [0.25, 0.3) is 0 Å². The maximum Gasteiger partial charge on any atom is 0.107 e. The molecule has 0 aliphatic heterocycles. The van der Waals surface area contributed by atoms with E-state index in [-0.39, 0.29) is 0 Å². The molecular formula is C9H13BrClNS. The van der Waals surface area contributed by atoms with Gasteiger partial charge in [0.05, 0.1) is 0 Å². The number of hydrogen-bond acceptors (Lipinski definition) is 2. The molecule has 0 unspecified atom stereocenters. The minimum atomic E-state index is 0.693. The third kappa shape index (κ3) is 3.98. The summed E-state index contributed by atoms with van der Waals surface area (Å²) in [6.07, 6.45) is 0. The summed E-state index contributed by atoms with van der Waals surface area (Å²) in [5.41, 5.74) is 0. The molecule has 0 spiro atoms. The Morgan fingerprint density at radius 3 is 2.77 bits per heavy atom. The van der Waals surface area contributed by atoms with Gasteiger partial charge in [0.15, 0.2) is 0 Å². The number of rotatable bonds is 4. The first-order chi connectivity index (χ1) is 6.09. The van der Waals surface area contributed by atoms with Gasteiger partial charge in [-0.2, -0.15) is 0 Å². The predicted octanol–water partition coefficient (Wildman–Crippen LogP) is 3.91. The molecular weight excluding hydrogens is 270 g/mol. The quantitative estimate of drug-likeness (QED) is 0.883. The van der Waals surface area contributed by atoms with Crippen LogP contribution in [0.15, 0.2) is 10.5 Å². The molecule has 1 heterocycles. The molecule has 0 amide bonds. The monoisotopic (exact) mass is 281 g/mol. The minimum absolute atomic E-state index is 0.693. The Labute approximate surface area is 96.6 Å². The van der Waals surface area contributed by atoms with Crippen LogP contribution in [0.25, 0.3) is 0 Å². The van der Waals surface area contributed by atoms with Crippen LogP contribution in [0.2, 0.25) is 4.34 Å². The first kappa shape index (κ1) is 11.5. The maximum absolute atomic E-state index is 5.91. The minimum Gasteiger partial charge on any atom is -0.312 e. The first-order valence-electron chi connectivity index (χ1n) is 4.24. The highest BCUT2D eigenvalue weighted by Crippen LogP contribution is 2.31. The Balaban J connectivity index is 2.37. The lowest BCUT2D eigenvalue weighted by molar-refractivity contribution is 0.555.